The van der Waals surface area contributed by atoms with Crippen LogP contribution in [0, 0.1) is 0 Å². The van der Waals surface area contributed by atoms with Crippen LogP contribution >= 0.6 is 0 Å². The molecule has 1 aromatic heterocycles. The second-order valence-electron chi connectivity index (χ2n) is 7.50. The Kier molecular flexibility index (Phi) is 5.44. The van der Waals surface area contributed by atoms with Gasteiger partial charge in [-0.3, -0.25) is 4.68 Å². The molecule has 2 rings (SSSR count). The zero-order valence-electron chi connectivity index (χ0n) is 14.2. The molecule has 1 atom stereocenters. The van der Waals surface area contributed by atoms with Crippen molar-refractivity contribution in [3.8, 4) is 0 Å². The lowest BCUT2D eigenvalue weighted by atomic mass is 9.87. The van der Waals surface area contributed by atoms with Gasteiger partial charge in [0.05, 0.1) is 5.69 Å². The van der Waals surface area contributed by atoms with Gasteiger partial charge in [-0.05, 0) is 12.8 Å². The molecule has 4 nitrogen and oxygen atoms in total. The number of nitrogens with zero attached hydrogens (tertiary/aromatic N) is 2. The van der Waals surface area contributed by atoms with Crippen LogP contribution in [0.25, 0.3) is 0 Å². The highest BCUT2D eigenvalue weighted by Gasteiger charge is 2.27. The third kappa shape index (κ3) is 4.30. The van der Waals surface area contributed by atoms with Gasteiger partial charge >= 0.3 is 0 Å². The monoisotopic (exact) mass is 292 g/mol. The second-order valence-corrected chi connectivity index (χ2v) is 7.50. The summed E-state index contributed by atoms with van der Waals surface area (Å²) in [4.78, 5) is 0. The summed E-state index contributed by atoms with van der Waals surface area (Å²) in [6, 6.07) is 0.824. The smallest absolute Gasteiger partial charge is 0.0726 e. The van der Waals surface area contributed by atoms with Crippen LogP contribution in [0.1, 0.15) is 76.6 Å². The SMILES string of the molecule is Cn1cc(C(CN)NC2CCCCCC2)c(C(C)(C)C)n1. The number of aryl methyl sites for hydroxylation is 1. The van der Waals surface area contributed by atoms with Gasteiger partial charge < -0.3 is 11.1 Å². The molecule has 1 heterocycles. The van der Waals surface area contributed by atoms with E-state index in [1.807, 2.05) is 11.7 Å². The minimum atomic E-state index is 0.0507. The van der Waals surface area contributed by atoms with Gasteiger partial charge in [-0.1, -0.05) is 46.5 Å². The van der Waals surface area contributed by atoms with Crippen LogP contribution in [-0.4, -0.2) is 22.4 Å². The first-order valence-electron chi connectivity index (χ1n) is 8.42. The van der Waals surface area contributed by atoms with E-state index in [-0.39, 0.29) is 11.5 Å². The Morgan fingerprint density at radius 3 is 2.43 bits per heavy atom. The fraction of sp³-hybridized carbons (Fsp3) is 0.824. The first-order valence-corrected chi connectivity index (χ1v) is 8.42. The van der Waals surface area contributed by atoms with Crippen LogP contribution < -0.4 is 11.1 Å². The van der Waals surface area contributed by atoms with Gasteiger partial charge in [-0.25, -0.2) is 0 Å². The Morgan fingerprint density at radius 1 is 1.29 bits per heavy atom. The molecule has 1 aliphatic rings. The first kappa shape index (κ1) is 16.5. The van der Waals surface area contributed by atoms with E-state index < -0.39 is 0 Å². The molecule has 0 radical (unpaired) electrons. The number of nitrogens with one attached hydrogen (secondary N) is 1. The fourth-order valence-electron chi connectivity index (χ4n) is 3.36. The van der Waals surface area contributed by atoms with E-state index in [2.05, 4.69) is 37.4 Å². The predicted molar refractivity (Wildman–Crippen MR) is 88.3 cm³/mol. The molecular formula is C17H32N4. The molecule has 0 spiro atoms. The van der Waals surface area contributed by atoms with Crippen molar-refractivity contribution in [2.24, 2.45) is 12.8 Å². The van der Waals surface area contributed by atoms with Gasteiger partial charge in [0.25, 0.3) is 0 Å². The molecule has 120 valence electrons. The lowest BCUT2D eigenvalue weighted by Gasteiger charge is -2.26. The highest BCUT2D eigenvalue weighted by atomic mass is 15.3. The molecular weight excluding hydrogens is 260 g/mol. The molecule has 1 saturated carbocycles. The highest BCUT2D eigenvalue weighted by molar-refractivity contribution is 5.28. The molecule has 0 bridgehead atoms. The Morgan fingerprint density at radius 2 is 1.90 bits per heavy atom. The van der Waals surface area contributed by atoms with Gasteiger partial charge in [0.2, 0.25) is 0 Å². The van der Waals surface area contributed by atoms with Crippen molar-refractivity contribution >= 4 is 0 Å². The van der Waals surface area contributed by atoms with Crippen molar-refractivity contribution in [1.29, 1.82) is 0 Å². The molecule has 1 aliphatic carbocycles. The Hall–Kier alpha value is -0.870. The second kappa shape index (κ2) is 6.93. The van der Waals surface area contributed by atoms with Crippen LogP contribution in [0.2, 0.25) is 0 Å². The molecule has 1 fully saturated rings. The zero-order chi connectivity index (χ0) is 15.5. The van der Waals surface area contributed by atoms with Crippen LogP contribution in [0.15, 0.2) is 6.20 Å². The van der Waals surface area contributed by atoms with E-state index in [4.69, 9.17) is 5.73 Å². The van der Waals surface area contributed by atoms with Gasteiger partial charge in [-0.2, -0.15) is 5.10 Å². The topological polar surface area (TPSA) is 55.9 Å². The summed E-state index contributed by atoms with van der Waals surface area (Å²) in [5, 5.41) is 8.49. The van der Waals surface area contributed by atoms with Crippen molar-refractivity contribution in [3.63, 3.8) is 0 Å². The van der Waals surface area contributed by atoms with E-state index in [9.17, 15) is 0 Å². The number of aromatic nitrogens is 2. The average molecular weight is 292 g/mol. The lowest BCUT2D eigenvalue weighted by molar-refractivity contribution is 0.397. The number of rotatable bonds is 4. The Bertz CT molecular complexity index is 436. The van der Waals surface area contributed by atoms with E-state index in [0.29, 0.717) is 12.6 Å². The van der Waals surface area contributed by atoms with E-state index in [0.717, 1.165) is 0 Å². The third-order valence-electron chi connectivity index (χ3n) is 4.47. The molecule has 0 aliphatic heterocycles. The normalized spacial score (nSPS) is 19.5. The fourth-order valence-corrected chi connectivity index (χ4v) is 3.36. The maximum Gasteiger partial charge on any atom is 0.0726 e. The van der Waals surface area contributed by atoms with Crippen molar-refractivity contribution < 1.29 is 0 Å². The predicted octanol–water partition coefficient (Wildman–Crippen LogP) is 3.03. The summed E-state index contributed by atoms with van der Waals surface area (Å²) in [6.45, 7) is 7.29. The van der Waals surface area contributed by atoms with Crippen molar-refractivity contribution in [3.05, 3.63) is 17.5 Å². The quantitative estimate of drug-likeness (QED) is 0.839. The van der Waals surface area contributed by atoms with Gasteiger partial charge in [0, 0.05) is 42.9 Å². The molecule has 1 aromatic rings. The molecule has 0 amide bonds. The summed E-state index contributed by atoms with van der Waals surface area (Å²) >= 11 is 0. The Labute approximate surface area is 129 Å². The van der Waals surface area contributed by atoms with E-state index >= 15 is 0 Å². The third-order valence-corrected chi connectivity index (χ3v) is 4.47. The van der Waals surface area contributed by atoms with Crippen molar-refractivity contribution in [2.45, 2.75) is 76.8 Å². The van der Waals surface area contributed by atoms with Crippen LogP contribution in [0.4, 0.5) is 0 Å². The van der Waals surface area contributed by atoms with Gasteiger partial charge in [-0.15, -0.1) is 0 Å². The summed E-state index contributed by atoms with van der Waals surface area (Å²) < 4.78 is 1.92. The number of nitrogens with two attached hydrogens (primary N) is 1. The molecule has 3 N–H and O–H groups in total. The summed E-state index contributed by atoms with van der Waals surface area (Å²) in [5.74, 6) is 0. The maximum atomic E-state index is 6.08. The molecule has 0 aromatic carbocycles. The largest absolute Gasteiger partial charge is 0.329 e. The summed E-state index contributed by atoms with van der Waals surface area (Å²) in [6.07, 6.45) is 10.1. The number of hydrogen-bond donors (Lipinski definition) is 2. The summed E-state index contributed by atoms with van der Waals surface area (Å²) in [7, 11) is 2.00. The van der Waals surface area contributed by atoms with Crippen LogP contribution in [0.3, 0.4) is 0 Å². The van der Waals surface area contributed by atoms with Crippen molar-refractivity contribution in [2.75, 3.05) is 6.54 Å². The Balaban J connectivity index is 2.17. The van der Waals surface area contributed by atoms with Crippen LogP contribution in [0.5, 0.6) is 0 Å². The minimum absolute atomic E-state index is 0.0507. The molecule has 0 saturated heterocycles. The number of hydrogen-bond acceptors (Lipinski definition) is 3. The first-order chi connectivity index (χ1) is 9.91. The highest BCUT2D eigenvalue weighted by Crippen LogP contribution is 2.29. The van der Waals surface area contributed by atoms with Gasteiger partial charge in [0.1, 0.15) is 0 Å². The van der Waals surface area contributed by atoms with E-state index in [1.54, 1.807) is 0 Å². The molecule has 21 heavy (non-hydrogen) atoms. The van der Waals surface area contributed by atoms with Crippen molar-refractivity contribution in [1.82, 2.24) is 15.1 Å². The zero-order valence-corrected chi connectivity index (χ0v) is 14.2. The van der Waals surface area contributed by atoms with E-state index in [1.165, 1.54) is 49.8 Å². The minimum Gasteiger partial charge on any atom is -0.329 e. The maximum absolute atomic E-state index is 6.08. The van der Waals surface area contributed by atoms with Crippen LogP contribution in [-0.2, 0) is 12.5 Å². The standard InChI is InChI=1S/C17H32N4/c1-17(2,3)16-14(12-21(4)20-16)15(11-18)19-13-9-7-5-6-8-10-13/h12-13,15,19H,5-11,18H2,1-4H3. The lowest BCUT2D eigenvalue weighted by Crippen LogP contribution is -2.37. The summed E-state index contributed by atoms with van der Waals surface area (Å²) in [5.41, 5.74) is 8.58. The average Bonchev–Trinajstić information content (AvgIpc) is 2.64. The molecule has 4 heteroatoms. The van der Waals surface area contributed by atoms with Gasteiger partial charge in [0.15, 0.2) is 0 Å². The molecule has 1 unspecified atom stereocenters.